The number of carbonyl (C=O) groups excluding carboxylic acids is 2. The van der Waals surface area contributed by atoms with Crippen LogP contribution < -0.4 is 11.1 Å². The molecule has 0 radical (unpaired) electrons. The number of nitrogens with two attached hydrogens (primary N) is 1. The lowest BCUT2D eigenvalue weighted by Crippen LogP contribution is -2.49. The number of carboxylic acid groups (broad SMARTS) is 1. The molecule has 0 saturated carbocycles. The number of hydrogen-bond acceptors (Lipinski definition) is 4. The SMILES string of the molecule is CN(CC(=O)NC(C)(C)C)C(=O)C(N)CC(=O)O. The van der Waals surface area contributed by atoms with Gasteiger partial charge in [0.2, 0.25) is 11.8 Å². The number of carboxylic acids is 1. The van der Waals surface area contributed by atoms with Gasteiger partial charge in [-0.15, -0.1) is 0 Å². The molecule has 0 aromatic carbocycles. The fourth-order valence-corrected chi connectivity index (χ4v) is 1.31. The molecule has 2 amide bonds. The largest absolute Gasteiger partial charge is 0.481 e. The van der Waals surface area contributed by atoms with E-state index < -0.39 is 24.3 Å². The summed E-state index contributed by atoms with van der Waals surface area (Å²) in [5, 5.41) is 11.2. The minimum Gasteiger partial charge on any atom is -0.481 e. The quantitative estimate of drug-likeness (QED) is 0.596. The lowest BCUT2D eigenvalue weighted by atomic mass is 10.1. The number of nitrogens with one attached hydrogen (secondary N) is 1. The van der Waals surface area contributed by atoms with Gasteiger partial charge in [-0.05, 0) is 20.8 Å². The maximum Gasteiger partial charge on any atom is 0.305 e. The van der Waals surface area contributed by atoms with E-state index in [0.29, 0.717) is 0 Å². The standard InChI is InChI=1S/C11H21N3O4/c1-11(2,3)13-8(15)6-14(4)10(18)7(12)5-9(16)17/h7H,5-6,12H2,1-4H3,(H,13,15)(H,16,17). The second kappa shape index (κ2) is 6.34. The van der Waals surface area contributed by atoms with Gasteiger partial charge >= 0.3 is 5.97 Å². The van der Waals surface area contributed by atoms with Gasteiger partial charge in [0.25, 0.3) is 0 Å². The molecule has 0 aliphatic heterocycles. The van der Waals surface area contributed by atoms with E-state index in [1.807, 2.05) is 20.8 Å². The Kier molecular flexibility index (Phi) is 5.77. The van der Waals surface area contributed by atoms with Crippen molar-refractivity contribution in [3.63, 3.8) is 0 Å². The van der Waals surface area contributed by atoms with E-state index in [1.165, 1.54) is 7.05 Å². The average molecular weight is 259 g/mol. The Morgan fingerprint density at radius 3 is 2.22 bits per heavy atom. The first kappa shape index (κ1) is 16.4. The molecule has 1 unspecified atom stereocenters. The molecule has 0 aromatic heterocycles. The fourth-order valence-electron chi connectivity index (χ4n) is 1.31. The molecule has 0 aromatic rings. The molecule has 1 atom stereocenters. The van der Waals surface area contributed by atoms with Crippen molar-refractivity contribution in [2.45, 2.75) is 38.8 Å². The highest BCUT2D eigenvalue weighted by Gasteiger charge is 2.23. The van der Waals surface area contributed by atoms with Crippen LogP contribution in [0.2, 0.25) is 0 Å². The zero-order chi connectivity index (χ0) is 14.5. The number of amides is 2. The average Bonchev–Trinajstić information content (AvgIpc) is 2.11. The van der Waals surface area contributed by atoms with Gasteiger partial charge in [0, 0.05) is 12.6 Å². The minimum atomic E-state index is -1.15. The summed E-state index contributed by atoms with van der Waals surface area (Å²) < 4.78 is 0. The predicted molar refractivity (Wildman–Crippen MR) is 65.8 cm³/mol. The van der Waals surface area contributed by atoms with Crippen LogP contribution >= 0.6 is 0 Å². The second-order valence-corrected chi connectivity index (χ2v) is 5.20. The van der Waals surface area contributed by atoms with E-state index in [1.54, 1.807) is 0 Å². The Bertz CT molecular complexity index is 336. The highest BCUT2D eigenvalue weighted by Crippen LogP contribution is 2.00. The Morgan fingerprint density at radius 2 is 1.83 bits per heavy atom. The first-order chi connectivity index (χ1) is 8.03. The van der Waals surface area contributed by atoms with Gasteiger partial charge in [0.15, 0.2) is 0 Å². The van der Waals surface area contributed by atoms with Crippen molar-refractivity contribution in [2.24, 2.45) is 5.73 Å². The van der Waals surface area contributed by atoms with Crippen LogP contribution in [0.5, 0.6) is 0 Å². The van der Waals surface area contributed by atoms with Gasteiger partial charge in [0.05, 0.1) is 19.0 Å². The summed E-state index contributed by atoms with van der Waals surface area (Å²) in [6.07, 6.45) is -0.454. The number of hydrogen-bond donors (Lipinski definition) is 3. The van der Waals surface area contributed by atoms with Crippen molar-refractivity contribution in [3.05, 3.63) is 0 Å². The number of carbonyl (C=O) groups is 3. The molecular formula is C11H21N3O4. The second-order valence-electron chi connectivity index (χ2n) is 5.20. The molecule has 0 heterocycles. The van der Waals surface area contributed by atoms with E-state index in [2.05, 4.69) is 5.32 Å². The van der Waals surface area contributed by atoms with Crippen molar-refractivity contribution in [1.82, 2.24) is 10.2 Å². The van der Waals surface area contributed by atoms with Gasteiger partial charge in [-0.1, -0.05) is 0 Å². The van der Waals surface area contributed by atoms with Crippen LogP contribution in [0.3, 0.4) is 0 Å². The minimum absolute atomic E-state index is 0.149. The van der Waals surface area contributed by atoms with Crippen LogP contribution in [0, 0.1) is 0 Å². The summed E-state index contributed by atoms with van der Waals surface area (Å²) >= 11 is 0. The van der Waals surface area contributed by atoms with Crippen LogP contribution in [0.25, 0.3) is 0 Å². The van der Waals surface area contributed by atoms with E-state index in [4.69, 9.17) is 10.8 Å². The Balaban J connectivity index is 4.32. The normalized spacial score (nSPS) is 12.7. The predicted octanol–water partition coefficient (Wildman–Crippen LogP) is -0.838. The zero-order valence-electron chi connectivity index (χ0n) is 11.2. The molecule has 0 spiro atoms. The highest BCUT2D eigenvalue weighted by atomic mass is 16.4. The molecule has 0 bridgehead atoms. The smallest absolute Gasteiger partial charge is 0.305 e. The third-order valence-electron chi connectivity index (χ3n) is 1.98. The van der Waals surface area contributed by atoms with Crippen molar-refractivity contribution in [1.29, 1.82) is 0 Å². The molecular weight excluding hydrogens is 238 g/mol. The van der Waals surface area contributed by atoms with E-state index >= 15 is 0 Å². The van der Waals surface area contributed by atoms with E-state index in [-0.39, 0.29) is 18.0 Å². The third kappa shape index (κ3) is 6.85. The summed E-state index contributed by atoms with van der Waals surface area (Å²) in [5.74, 6) is -2.04. The van der Waals surface area contributed by atoms with E-state index in [0.717, 1.165) is 4.90 Å². The topological polar surface area (TPSA) is 113 Å². The summed E-state index contributed by atoms with van der Waals surface area (Å²) in [4.78, 5) is 34.7. The molecule has 0 aliphatic rings. The van der Waals surface area contributed by atoms with Gasteiger partial charge in [-0.25, -0.2) is 0 Å². The Morgan fingerprint density at radius 1 is 1.33 bits per heavy atom. The summed E-state index contributed by atoms with van der Waals surface area (Å²) in [6, 6.07) is -1.13. The van der Waals surface area contributed by atoms with Crippen LogP contribution in [0.1, 0.15) is 27.2 Å². The third-order valence-corrected chi connectivity index (χ3v) is 1.98. The molecule has 7 heteroatoms. The van der Waals surface area contributed by atoms with Crippen molar-refractivity contribution in [3.8, 4) is 0 Å². The summed E-state index contributed by atoms with van der Waals surface area (Å²) in [6.45, 7) is 5.32. The monoisotopic (exact) mass is 259 g/mol. The molecule has 0 rings (SSSR count). The summed E-state index contributed by atoms with van der Waals surface area (Å²) in [7, 11) is 1.41. The number of rotatable bonds is 5. The van der Waals surface area contributed by atoms with Crippen LogP contribution in [-0.2, 0) is 14.4 Å². The van der Waals surface area contributed by atoms with Gasteiger partial charge < -0.3 is 21.1 Å². The number of aliphatic carboxylic acids is 1. The van der Waals surface area contributed by atoms with Crippen LogP contribution in [0.15, 0.2) is 0 Å². The van der Waals surface area contributed by atoms with Crippen molar-refractivity contribution < 1.29 is 19.5 Å². The first-order valence-corrected chi connectivity index (χ1v) is 5.56. The van der Waals surface area contributed by atoms with Crippen LogP contribution in [0.4, 0.5) is 0 Å². The zero-order valence-corrected chi connectivity index (χ0v) is 11.2. The lowest BCUT2D eigenvalue weighted by molar-refractivity contribution is -0.142. The Hall–Kier alpha value is -1.63. The molecule has 4 N–H and O–H groups in total. The van der Waals surface area contributed by atoms with Gasteiger partial charge in [-0.3, -0.25) is 14.4 Å². The van der Waals surface area contributed by atoms with Crippen molar-refractivity contribution >= 4 is 17.8 Å². The first-order valence-electron chi connectivity index (χ1n) is 5.56. The molecule has 0 saturated heterocycles. The van der Waals surface area contributed by atoms with Gasteiger partial charge in [0.1, 0.15) is 0 Å². The molecule has 0 aliphatic carbocycles. The number of nitrogens with zero attached hydrogens (tertiary/aromatic N) is 1. The number of likely N-dealkylation sites (N-methyl/N-ethyl adjacent to an activating group) is 1. The summed E-state index contributed by atoms with van der Waals surface area (Å²) in [5.41, 5.74) is 5.03. The Labute approximate surface area is 106 Å². The van der Waals surface area contributed by atoms with Gasteiger partial charge in [-0.2, -0.15) is 0 Å². The van der Waals surface area contributed by atoms with Crippen LogP contribution in [-0.4, -0.2) is 53.0 Å². The molecule has 0 fully saturated rings. The highest BCUT2D eigenvalue weighted by molar-refractivity contribution is 5.89. The van der Waals surface area contributed by atoms with Crippen molar-refractivity contribution in [2.75, 3.05) is 13.6 Å². The fraction of sp³-hybridized carbons (Fsp3) is 0.727. The maximum atomic E-state index is 11.6. The molecule has 18 heavy (non-hydrogen) atoms. The van der Waals surface area contributed by atoms with E-state index in [9.17, 15) is 14.4 Å². The maximum absolute atomic E-state index is 11.6. The molecule has 7 nitrogen and oxygen atoms in total. The molecule has 104 valence electrons. The lowest BCUT2D eigenvalue weighted by Gasteiger charge is -2.24.